The third-order valence-electron chi connectivity index (χ3n) is 3.38. The van der Waals surface area contributed by atoms with Gasteiger partial charge < -0.3 is 10.0 Å². The van der Waals surface area contributed by atoms with Crippen LogP contribution in [0.25, 0.3) is 0 Å². The van der Waals surface area contributed by atoms with Gasteiger partial charge in [0.15, 0.2) is 5.69 Å². The molecule has 98 valence electrons. The van der Waals surface area contributed by atoms with E-state index in [1.54, 1.807) is 0 Å². The van der Waals surface area contributed by atoms with E-state index >= 15 is 0 Å². The summed E-state index contributed by atoms with van der Waals surface area (Å²) in [6.07, 6.45) is 5.76. The molecule has 1 fully saturated rings. The summed E-state index contributed by atoms with van der Waals surface area (Å²) in [6.45, 7) is 0. The lowest BCUT2D eigenvalue weighted by Crippen LogP contribution is -2.17. The molecule has 1 heterocycles. The standard InChI is InChI=1S/C13H19N3O2/c1-16(2)11-8-10(13(17)18)14-12(15-11)9-6-4-3-5-7-9/h8-9H,3-7H2,1-2H3,(H,17,18). The Morgan fingerprint density at radius 1 is 1.28 bits per heavy atom. The second-order valence-corrected chi connectivity index (χ2v) is 5.00. The predicted octanol–water partition coefficient (Wildman–Crippen LogP) is 2.29. The highest BCUT2D eigenvalue weighted by molar-refractivity contribution is 5.86. The van der Waals surface area contributed by atoms with Crippen molar-refractivity contribution >= 4 is 11.8 Å². The Labute approximate surface area is 107 Å². The fraction of sp³-hybridized carbons (Fsp3) is 0.615. The monoisotopic (exact) mass is 249 g/mol. The second-order valence-electron chi connectivity index (χ2n) is 5.00. The van der Waals surface area contributed by atoms with Gasteiger partial charge in [-0.3, -0.25) is 0 Å². The topological polar surface area (TPSA) is 66.3 Å². The van der Waals surface area contributed by atoms with Gasteiger partial charge in [-0.05, 0) is 12.8 Å². The van der Waals surface area contributed by atoms with Gasteiger partial charge in [0.1, 0.15) is 11.6 Å². The Hall–Kier alpha value is -1.65. The molecular formula is C13H19N3O2. The largest absolute Gasteiger partial charge is 0.477 e. The maximum Gasteiger partial charge on any atom is 0.354 e. The highest BCUT2D eigenvalue weighted by Crippen LogP contribution is 2.31. The Morgan fingerprint density at radius 2 is 1.94 bits per heavy atom. The van der Waals surface area contributed by atoms with Crippen LogP contribution in [0.15, 0.2) is 6.07 Å². The van der Waals surface area contributed by atoms with Crippen LogP contribution >= 0.6 is 0 Å². The number of carboxylic acid groups (broad SMARTS) is 1. The van der Waals surface area contributed by atoms with Crippen molar-refractivity contribution in [1.82, 2.24) is 9.97 Å². The first-order valence-electron chi connectivity index (χ1n) is 6.37. The van der Waals surface area contributed by atoms with Crippen LogP contribution in [0.3, 0.4) is 0 Å². The molecule has 1 N–H and O–H groups in total. The number of rotatable bonds is 3. The van der Waals surface area contributed by atoms with Crippen molar-refractivity contribution in [2.45, 2.75) is 38.0 Å². The lowest BCUT2D eigenvalue weighted by Gasteiger charge is -2.22. The molecule has 1 saturated carbocycles. The van der Waals surface area contributed by atoms with Crippen molar-refractivity contribution in [2.24, 2.45) is 0 Å². The summed E-state index contributed by atoms with van der Waals surface area (Å²) in [6, 6.07) is 1.52. The van der Waals surface area contributed by atoms with Gasteiger partial charge in [0.25, 0.3) is 0 Å². The molecule has 1 aromatic heterocycles. The minimum absolute atomic E-state index is 0.0919. The van der Waals surface area contributed by atoms with E-state index in [-0.39, 0.29) is 5.69 Å². The number of carbonyl (C=O) groups is 1. The van der Waals surface area contributed by atoms with E-state index in [1.165, 1.54) is 25.3 Å². The molecule has 0 aliphatic heterocycles. The maximum atomic E-state index is 11.1. The molecule has 0 radical (unpaired) electrons. The van der Waals surface area contributed by atoms with Gasteiger partial charge in [0, 0.05) is 26.1 Å². The van der Waals surface area contributed by atoms with Crippen molar-refractivity contribution in [3.05, 3.63) is 17.6 Å². The van der Waals surface area contributed by atoms with E-state index in [1.807, 2.05) is 19.0 Å². The van der Waals surface area contributed by atoms with Gasteiger partial charge >= 0.3 is 5.97 Å². The van der Waals surface area contributed by atoms with Crippen molar-refractivity contribution < 1.29 is 9.90 Å². The van der Waals surface area contributed by atoms with Crippen molar-refractivity contribution in [1.29, 1.82) is 0 Å². The summed E-state index contributed by atoms with van der Waals surface area (Å²) < 4.78 is 0. The van der Waals surface area contributed by atoms with Crippen LogP contribution in [-0.2, 0) is 0 Å². The molecule has 0 aromatic carbocycles. The molecule has 5 nitrogen and oxygen atoms in total. The number of carboxylic acids is 1. The minimum Gasteiger partial charge on any atom is -0.477 e. The van der Waals surface area contributed by atoms with Crippen LogP contribution in [0.2, 0.25) is 0 Å². The van der Waals surface area contributed by atoms with Crippen LogP contribution in [-0.4, -0.2) is 35.1 Å². The van der Waals surface area contributed by atoms with E-state index in [0.29, 0.717) is 17.6 Å². The zero-order valence-electron chi connectivity index (χ0n) is 10.9. The minimum atomic E-state index is -0.988. The number of anilines is 1. The molecule has 0 bridgehead atoms. The summed E-state index contributed by atoms with van der Waals surface area (Å²) in [7, 11) is 3.72. The van der Waals surface area contributed by atoms with Crippen molar-refractivity contribution in [3.8, 4) is 0 Å². The molecule has 18 heavy (non-hydrogen) atoms. The molecule has 0 saturated heterocycles. The fourth-order valence-electron chi connectivity index (χ4n) is 2.33. The van der Waals surface area contributed by atoms with Crippen LogP contribution < -0.4 is 4.90 Å². The number of hydrogen-bond acceptors (Lipinski definition) is 4. The number of hydrogen-bond donors (Lipinski definition) is 1. The summed E-state index contributed by atoms with van der Waals surface area (Å²) in [5.41, 5.74) is 0.0919. The average molecular weight is 249 g/mol. The zero-order chi connectivity index (χ0) is 13.1. The predicted molar refractivity (Wildman–Crippen MR) is 69.1 cm³/mol. The van der Waals surface area contributed by atoms with Gasteiger partial charge in [0.05, 0.1) is 0 Å². The fourth-order valence-corrected chi connectivity index (χ4v) is 2.33. The van der Waals surface area contributed by atoms with E-state index < -0.39 is 5.97 Å². The molecular weight excluding hydrogens is 230 g/mol. The normalized spacial score (nSPS) is 16.6. The first-order valence-corrected chi connectivity index (χ1v) is 6.37. The zero-order valence-corrected chi connectivity index (χ0v) is 10.9. The number of nitrogens with zero attached hydrogens (tertiary/aromatic N) is 3. The maximum absolute atomic E-state index is 11.1. The van der Waals surface area contributed by atoms with Crippen LogP contribution in [0, 0.1) is 0 Å². The van der Waals surface area contributed by atoms with E-state index in [2.05, 4.69) is 9.97 Å². The summed E-state index contributed by atoms with van der Waals surface area (Å²) in [5.74, 6) is 0.690. The highest BCUT2D eigenvalue weighted by atomic mass is 16.4. The molecule has 0 atom stereocenters. The highest BCUT2D eigenvalue weighted by Gasteiger charge is 2.21. The average Bonchev–Trinajstić information content (AvgIpc) is 2.39. The van der Waals surface area contributed by atoms with Crippen molar-refractivity contribution in [2.75, 3.05) is 19.0 Å². The summed E-state index contributed by atoms with van der Waals surface area (Å²) >= 11 is 0. The van der Waals surface area contributed by atoms with Gasteiger partial charge in [-0.1, -0.05) is 19.3 Å². The third-order valence-corrected chi connectivity index (χ3v) is 3.38. The Balaban J connectivity index is 2.35. The van der Waals surface area contributed by atoms with E-state index in [4.69, 9.17) is 5.11 Å². The van der Waals surface area contributed by atoms with E-state index in [0.717, 1.165) is 12.8 Å². The van der Waals surface area contributed by atoms with Gasteiger partial charge in [0.2, 0.25) is 0 Å². The molecule has 1 aliphatic carbocycles. The van der Waals surface area contributed by atoms with Crippen molar-refractivity contribution in [3.63, 3.8) is 0 Å². The van der Waals surface area contributed by atoms with Gasteiger partial charge in [-0.2, -0.15) is 0 Å². The van der Waals surface area contributed by atoms with Crippen LogP contribution in [0.4, 0.5) is 5.82 Å². The molecule has 1 aliphatic rings. The van der Waals surface area contributed by atoms with E-state index in [9.17, 15) is 4.79 Å². The molecule has 1 aromatic rings. The molecule has 0 amide bonds. The quantitative estimate of drug-likeness (QED) is 0.890. The van der Waals surface area contributed by atoms with Crippen LogP contribution in [0.1, 0.15) is 54.3 Å². The molecule has 0 spiro atoms. The molecule has 2 rings (SSSR count). The van der Waals surface area contributed by atoms with Gasteiger partial charge in [-0.15, -0.1) is 0 Å². The third kappa shape index (κ3) is 2.78. The van der Waals surface area contributed by atoms with Crippen LogP contribution in [0.5, 0.6) is 0 Å². The molecule has 0 unspecified atom stereocenters. The SMILES string of the molecule is CN(C)c1cc(C(=O)O)nc(C2CCCCC2)n1. The number of aromatic nitrogens is 2. The molecule has 5 heteroatoms. The Kier molecular flexibility index (Phi) is 3.79. The smallest absolute Gasteiger partial charge is 0.354 e. The first-order chi connectivity index (χ1) is 8.58. The summed E-state index contributed by atoms with van der Waals surface area (Å²) in [5, 5.41) is 9.11. The lowest BCUT2D eigenvalue weighted by molar-refractivity contribution is 0.0689. The Bertz CT molecular complexity index is 440. The summed E-state index contributed by atoms with van der Waals surface area (Å²) in [4.78, 5) is 21.6. The lowest BCUT2D eigenvalue weighted by atomic mass is 9.88. The van der Waals surface area contributed by atoms with Gasteiger partial charge in [-0.25, -0.2) is 14.8 Å². The Morgan fingerprint density at radius 3 is 2.50 bits per heavy atom. The first kappa shape index (κ1) is 12.8. The number of aromatic carboxylic acids is 1. The second kappa shape index (κ2) is 5.33.